The van der Waals surface area contributed by atoms with E-state index < -0.39 is 0 Å². The highest BCUT2D eigenvalue weighted by Gasteiger charge is 2.46. The van der Waals surface area contributed by atoms with E-state index in [0.29, 0.717) is 11.7 Å². The number of fused-ring (bicyclic) bond motifs is 1. The van der Waals surface area contributed by atoms with Gasteiger partial charge in [-0.05, 0) is 55.7 Å². The summed E-state index contributed by atoms with van der Waals surface area (Å²) in [5, 5.41) is 0. The van der Waals surface area contributed by atoms with Crippen LogP contribution in [0.15, 0.2) is 23.0 Å². The van der Waals surface area contributed by atoms with Crippen molar-refractivity contribution in [3.63, 3.8) is 0 Å². The van der Waals surface area contributed by atoms with E-state index in [1.807, 2.05) is 6.08 Å². The van der Waals surface area contributed by atoms with Gasteiger partial charge in [0.05, 0.1) is 12.5 Å². The molecule has 2 heteroatoms. The highest BCUT2D eigenvalue weighted by Crippen LogP contribution is 2.50. The van der Waals surface area contributed by atoms with Crippen molar-refractivity contribution in [3.05, 3.63) is 23.0 Å². The first-order valence-corrected chi connectivity index (χ1v) is 7.58. The molecule has 2 aliphatic carbocycles. The van der Waals surface area contributed by atoms with Gasteiger partial charge in [0.15, 0.2) is 5.78 Å². The first kappa shape index (κ1) is 14.4. The molecule has 0 N–H and O–H groups in total. The van der Waals surface area contributed by atoms with E-state index in [9.17, 15) is 4.79 Å². The normalized spacial score (nSPS) is 31.1. The second kappa shape index (κ2) is 5.52. The maximum atomic E-state index is 12.8. The van der Waals surface area contributed by atoms with Crippen LogP contribution in [0.5, 0.6) is 0 Å². The number of Topliss-reactive ketones (excluding diaryl/α,β-unsaturated/α-hetero) is 1. The molecule has 0 bridgehead atoms. The van der Waals surface area contributed by atoms with E-state index in [4.69, 9.17) is 4.74 Å². The Balaban J connectivity index is 2.44. The van der Waals surface area contributed by atoms with Gasteiger partial charge in [0, 0.05) is 0 Å². The van der Waals surface area contributed by atoms with Gasteiger partial charge in [0.1, 0.15) is 5.76 Å². The number of unbranched alkanes of at least 4 members (excludes halogenated alkanes) is 1. The van der Waals surface area contributed by atoms with Crippen LogP contribution in [0.2, 0.25) is 0 Å². The van der Waals surface area contributed by atoms with Crippen molar-refractivity contribution in [3.8, 4) is 0 Å². The third-order valence-electron chi connectivity index (χ3n) is 4.78. The lowest BCUT2D eigenvalue weighted by molar-refractivity contribution is -0.124. The molecule has 0 spiro atoms. The lowest BCUT2D eigenvalue weighted by Gasteiger charge is -2.42. The van der Waals surface area contributed by atoms with Crippen molar-refractivity contribution in [2.75, 3.05) is 7.11 Å². The molecule has 2 rings (SSSR count). The van der Waals surface area contributed by atoms with Crippen LogP contribution in [0, 0.1) is 11.3 Å². The van der Waals surface area contributed by atoms with Gasteiger partial charge in [-0.25, -0.2) is 0 Å². The number of hydrogen-bond acceptors (Lipinski definition) is 2. The molecule has 1 fully saturated rings. The van der Waals surface area contributed by atoms with Crippen LogP contribution in [0.1, 0.15) is 59.3 Å². The molecule has 0 aromatic rings. The van der Waals surface area contributed by atoms with E-state index in [1.54, 1.807) is 7.11 Å². The number of ketones is 1. The largest absolute Gasteiger partial charge is 0.497 e. The summed E-state index contributed by atoms with van der Waals surface area (Å²) in [5.41, 5.74) is 1.91. The minimum absolute atomic E-state index is 0.305. The summed E-state index contributed by atoms with van der Waals surface area (Å²) < 4.78 is 5.61. The second-order valence-electron chi connectivity index (χ2n) is 6.21. The van der Waals surface area contributed by atoms with E-state index in [1.165, 1.54) is 12.0 Å². The zero-order valence-electron chi connectivity index (χ0n) is 12.7. The van der Waals surface area contributed by atoms with Crippen molar-refractivity contribution in [1.82, 2.24) is 0 Å². The molecule has 0 aromatic heterocycles. The van der Waals surface area contributed by atoms with E-state index in [-0.39, 0.29) is 5.41 Å². The summed E-state index contributed by atoms with van der Waals surface area (Å²) in [7, 11) is 1.73. The zero-order chi connectivity index (χ0) is 14.0. The molecule has 106 valence electrons. The Kier molecular flexibility index (Phi) is 4.17. The minimum Gasteiger partial charge on any atom is -0.497 e. The van der Waals surface area contributed by atoms with E-state index in [2.05, 4.69) is 20.8 Å². The van der Waals surface area contributed by atoms with Crippen molar-refractivity contribution in [1.29, 1.82) is 0 Å². The van der Waals surface area contributed by atoms with Gasteiger partial charge in [0.2, 0.25) is 0 Å². The molecule has 2 atom stereocenters. The van der Waals surface area contributed by atoms with E-state index >= 15 is 0 Å². The average molecular weight is 262 g/mol. The third-order valence-corrected chi connectivity index (χ3v) is 4.78. The van der Waals surface area contributed by atoms with Crippen LogP contribution in [0.25, 0.3) is 0 Å². The van der Waals surface area contributed by atoms with Crippen LogP contribution in [0.3, 0.4) is 0 Å². The van der Waals surface area contributed by atoms with Crippen LogP contribution < -0.4 is 0 Å². The number of allylic oxidation sites excluding steroid dienone is 3. The topological polar surface area (TPSA) is 26.3 Å². The molecule has 19 heavy (non-hydrogen) atoms. The number of carbonyl (C=O) groups is 1. The Morgan fingerprint density at radius 1 is 1.47 bits per heavy atom. The lowest BCUT2D eigenvalue weighted by Crippen LogP contribution is -2.40. The highest BCUT2D eigenvalue weighted by atomic mass is 16.5. The molecular weight excluding hydrogens is 236 g/mol. The first-order chi connectivity index (χ1) is 9.04. The predicted octanol–water partition coefficient (Wildman–Crippen LogP) is 4.41. The second-order valence-corrected chi connectivity index (χ2v) is 6.21. The molecule has 0 aromatic carbocycles. The van der Waals surface area contributed by atoms with Gasteiger partial charge in [0.25, 0.3) is 0 Å². The molecule has 2 aliphatic rings. The number of carbonyl (C=O) groups excluding carboxylic acids is 1. The molecule has 0 saturated heterocycles. The summed E-state index contributed by atoms with van der Waals surface area (Å²) >= 11 is 0. The standard InChI is InChI=1S/C17H26O2/c1-5-6-9-13-11-14(19-4)15-12(2)8-7-10-17(15,3)16(13)18/h11-12H,5-10H2,1-4H3/t12-,17+/m1/s1. The number of ether oxygens (including phenoxy) is 1. The fourth-order valence-electron chi connectivity index (χ4n) is 3.71. The average Bonchev–Trinajstić information content (AvgIpc) is 2.39. The van der Waals surface area contributed by atoms with Gasteiger partial charge in [-0.15, -0.1) is 0 Å². The number of hydrogen-bond donors (Lipinski definition) is 0. The first-order valence-electron chi connectivity index (χ1n) is 7.58. The predicted molar refractivity (Wildman–Crippen MR) is 77.8 cm³/mol. The van der Waals surface area contributed by atoms with Crippen molar-refractivity contribution in [2.45, 2.75) is 59.3 Å². The van der Waals surface area contributed by atoms with E-state index in [0.717, 1.165) is 43.4 Å². The van der Waals surface area contributed by atoms with Gasteiger partial charge >= 0.3 is 0 Å². The molecule has 2 nitrogen and oxygen atoms in total. The van der Waals surface area contributed by atoms with Crippen LogP contribution in [-0.2, 0) is 9.53 Å². The van der Waals surface area contributed by atoms with Crippen molar-refractivity contribution >= 4 is 5.78 Å². The molecule has 0 unspecified atom stereocenters. The van der Waals surface area contributed by atoms with Crippen LogP contribution in [0.4, 0.5) is 0 Å². The minimum atomic E-state index is -0.305. The number of methoxy groups -OCH3 is 1. The quantitative estimate of drug-likeness (QED) is 0.750. The summed E-state index contributed by atoms with van der Waals surface area (Å²) in [5.74, 6) is 1.77. The van der Waals surface area contributed by atoms with Crippen LogP contribution in [-0.4, -0.2) is 12.9 Å². The Labute approximate surface area is 116 Å². The van der Waals surface area contributed by atoms with Crippen molar-refractivity contribution < 1.29 is 9.53 Å². The summed E-state index contributed by atoms with van der Waals surface area (Å²) in [6, 6.07) is 0. The van der Waals surface area contributed by atoms with Gasteiger partial charge in [-0.2, -0.15) is 0 Å². The molecular formula is C17H26O2. The maximum absolute atomic E-state index is 12.8. The fourth-order valence-corrected chi connectivity index (χ4v) is 3.71. The Morgan fingerprint density at radius 2 is 2.21 bits per heavy atom. The molecule has 1 saturated carbocycles. The molecule has 0 radical (unpaired) electrons. The SMILES string of the molecule is CCCCC1=CC(OC)=C2[C@H](C)CCC[C@]2(C)C1=O. The van der Waals surface area contributed by atoms with Crippen LogP contribution >= 0.6 is 0 Å². The summed E-state index contributed by atoms with van der Waals surface area (Å²) in [6.45, 7) is 6.51. The fraction of sp³-hybridized carbons (Fsp3) is 0.706. The Bertz CT molecular complexity index is 431. The van der Waals surface area contributed by atoms with Gasteiger partial charge in [-0.1, -0.05) is 26.7 Å². The van der Waals surface area contributed by atoms with Crippen molar-refractivity contribution in [2.24, 2.45) is 11.3 Å². The van der Waals surface area contributed by atoms with Gasteiger partial charge < -0.3 is 4.74 Å². The lowest BCUT2D eigenvalue weighted by atomic mass is 9.61. The van der Waals surface area contributed by atoms with Gasteiger partial charge in [-0.3, -0.25) is 4.79 Å². The Morgan fingerprint density at radius 3 is 2.84 bits per heavy atom. The zero-order valence-corrected chi connectivity index (χ0v) is 12.7. The summed E-state index contributed by atoms with van der Waals surface area (Å²) in [4.78, 5) is 12.8. The summed E-state index contributed by atoms with van der Waals surface area (Å²) in [6.07, 6.45) is 8.39. The number of rotatable bonds is 4. The highest BCUT2D eigenvalue weighted by molar-refractivity contribution is 6.03. The third kappa shape index (κ3) is 2.37. The molecule has 0 amide bonds. The monoisotopic (exact) mass is 262 g/mol. The molecule has 0 heterocycles. The molecule has 0 aliphatic heterocycles. The maximum Gasteiger partial charge on any atom is 0.169 e. The Hall–Kier alpha value is -1.05. The smallest absolute Gasteiger partial charge is 0.169 e.